The van der Waals surface area contributed by atoms with Gasteiger partial charge in [0, 0.05) is 5.56 Å². The molecular weight excluding hydrogens is 396 g/mol. The Kier molecular flexibility index (Phi) is 5.77. The van der Waals surface area contributed by atoms with Gasteiger partial charge < -0.3 is 4.42 Å². The van der Waals surface area contributed by atoms with Crippen molar-refractivity contribution in [1.29, 1.82) is 0 Å². The lowest BCUT2D eigenvalue weighted by atomic mass is 10.1. The van der Waals surface area contributed by atoms with Gasteiger partial charge in [0.2, 0.25) is 5.89 Å². The molecule has 3 aromatic rings. The van der Waals surface area contributed by atoms with Crippen LogP contribution in [0.1, 0.15) is 22.6 Å². The third-order valence-corrected chi connectivity index (χ3v) is 5.23. The van der Waals surface area contributed by atoms with Crippen molar-refractivity contribution in [3.63, 3.8) is 0 Å². The van der Waals surface area contributed by atoms with Crippen molar-refractivity contribution in [2.75, 3.05) is 0 Å². The molecule has 1 aliphatic rings. The number of hydrogen-bond acceptors (Lipinski definition) is 5. The number of carbonyl (C=O) groups is 2. The summed E-state index contributed by atoms with van der Waals surface area (Å²) in [4.78, 5) is 27.6. The number of hydrogen-bond donors (Lipinski definition) is 1. The van der Waals surface area contributed by atoms with Crippen molar-refractivity contribution in [2.24, 2.45) is 0 Å². The maximum Gasteiger partial charge on any atom is 0.290 e. The molecule has 0 atom stereocenters. The van der Waals surface area contributed by atoms with E-state index in [0.29, 0.717) is 10.8 Å². The number of allylic oxidation sites excluding steroid dienone is 2. The number of aryl methyl sites for hydroxylation is 1. The molecule has 148 valence electrons. The van der Waals surface area contributed by atoms with Gasteiger partial charge in [0.25, 0.3) is 11.1 Å². The molecule has 0 spiro atoms. The van der Waals surface area contributed by atoms with Crippen LogP contribution >= 0.6 is 11.8 Å². The second-order valence-electron chi connectivity index (χ2n) is 6.56. The van der Waals surface area contributed by atoms with E-state index >= 15 is 0 Å². The van der Waals surface area contributed by atoms with E-state index in [-0.39, 0.29) is 11.1 Å². The zero-order valence-electron chi connectivity index (χ0n) is 16.2. The maximum atomic E-state index is 11.5. The molecule has 0 unspecified atom stereocenters. The van der Waals surface area contributed by atoms with Gasteiger partial charge in [-0.3, -0.25) is 14.9 Å². The first kappa shape index (κ1) is 19.7. The Bertz CT molecular complexity index is 1170. The Hall–Kier alpha value is -3.64. The lowest BCUT2D eigenvalue weighted by Crippen LogP contribution is -2.17. The first-order chi connectivity index (χ1) is 14.6. The Morgan fingerprint density at radius 1 is 0.933 bits per heavy atom. The Balaban J connectivity index is 1.43. The summed E-state index contributed by atoms with van der Waals surface area (Å²) in [6, 6.07) is 17.8. The van der Waals surface area contributed by atoms with Crippen molar-refractivity contribution >= 4 is 41.1 Å². The lowest BCUT2D eigenvalue weighted by Gasteiger charge is -1.96. The van der Waals surface area contributed by atoms with Gasteiger partial charge in [-0.1, -0.05) is 60.7 Å². The summed E-state index contributed by atoms with van der Waals surface area (Å²) in [5.74, 6) is 1.02. The van der Waals surface area contributed by atoms with E-state index in [1.807, 2.05) is 79.7 Å². The van der Waals surface area contributed by atoms with Crippen molar-refractivity contribution in [1.82, 2.24) is 10.3 Å². The second kappa shape index (κ2) is 8.80. The highest BCUT2D eigenvalue weighted by Crippen LogP contribution is 2.24. The van der Waals surface area contributed by atoms with Crippen molar-refractivity contribution in [3.05, 3.63) is 94.2 Å². The molecule has 2 heterocycles. The molecule has 4 rings (SSSR count). The molecule has 1 saturated heterocycles. The highest BCUT2D eigenvalue weighted by Gasteiger charge is 2.24. The fourth-order valence-corrected chi connectivity index (χ4v) is 3.48. The minimum atomic E-state index is -0.353. The van der Waals surface area contributed by atoms with Gasteiger partial charge in [-0.25, -0.2) is 4.98 Å². The Morgan fingerprint density at radius 3 is 2.30 bits per heavy atom. The van der Waals surface area contributed by atoms with E-state index < -0.39 is 0 Å². The number of nitrogens with zero attached hydrogens (tertiary/aromatic N) is 1. The van der Waals surface area contributed by atoms with Crippen LogP contribution in [0.5, 0.6) is 0 Å². The fourth-order valence-electron chi connectivity index (χ4n) is 2.84. The molecule has 1 N–H and O–H groups in total. The van der Waals surface area contributed by atoms with E-state index in [1.165, 1.54) is 0 Å². The number of rotatable bonds is 5. The first-order valence-corrected chi connectivity index (χ1v) is 10.1. The van der Waals surface area contributed by atoms with Crippen LogP contribution in [0.3, 0.4) is 0 Å². The topological polar surface area (TPSA) is 72.2 Å². The monoisotopic (exact) mass is 414 g/mol. The van der Waals surface area contributed by atoms with Crippen LogP contribution in [0.2, 0.25) is 0 Å². The average molecular weight is 414 g/mol. The summed E-state index contributed by atoms with van der Waals surface area (Å²) >= 11 is 0.905. The molecule has 6 heteroatoms. The summed E-state index contributed by atoms with van der Waals surface area (Å²) in [5, 5.41) is 1.89. The van der Waals surface area contributed by atoms with Crippen molar-refractivity contribution < 1.29 is 14.0 Å². The summed E-state index contributed by atoms with van der Waals surface area (Å²) < 4.78 is 5.78. The first-order valence-electron chi connectivity index (χ1n) is 9.31. The highest BCUT2D eigenvalue weighted by atomic mass is 32.2. The molecule has 2 amide bonds. The zero-order chi connectivity index (χ0) is 20.9. The van der Waals surface area contributed by atoms with Gasteiger partial charge in [0.1, 0.15) is 11.5 Å². The fraction of sp³-hybridized carbons (Fsp3) is 0.0417. The van der Waals surface area contributed by atoms with Crippen LogP contribution in [0, 0.1) is 6.92 Å². The second-order valence-corrected chi connectivity index (χ2v) is 7.57. The number of aromatic nitrogens is 1. The van der Waals surface area contributed by atoms with Crippen LogP contribution in [0.4, 0.5) is 4.79 Å². The largest absolute Gasteiger partial charge is 0.441 e. The molecule has 0 aliphatic carbocycles. The summed E-state index contributed by atoms with van der Waals surface area (Å²) in [5.41, 5.74) is 3.77. The minimum Gasteiger partial charge on any atom is -0.441 e. The molecule has 0 bridgehead atoms. The Labute approximate surface area is 178 Å². The molecule has 0 radical (unpaired) electrons. The van der Waals surface area contributed by atoms with Crippen LogP contribution in [0.15, 0.2) is 76.1 Å². The lowest BCUT2D eigenvalue weighted by molar-refractivity contribution is -0.115. The van der Waals surface area contributed by atoms with Gasteiger partial charge in [-0.05, 0) is 54.1 Å². The summed E-state index contributed by atoms with van der Waals surface area (Å²) in [7, 11) is 0. The number of benzene rings is 2. The Morgan fingerprint density at radius 2 is 1.63 bits per heavy atom. The number of imide groups is 1. The van der Waals surface area contributed by atoms with Gasteiger partial charge >= 0.3 is 0 Å². The molecule has 0 saturated carbocycles. The molecule has 2 aromatic carbocycles. The zero-order valence-corrected chi connectivity index (χ0v) is 17.0. The molecule has 1 fully saturated rings. The minimum absolute atomic E-state index is 0.339. The van der Waals surface area contributed by atoms with Gasteiger partial charge in [-0.15, -0.1) is 0 Å². The molecule has 1 aliphatic heterocycles. The van der Waals surface area contributed by atoms with E-state index in [9.17, 15) is 9.59 Å². The van der Waals surface area contributed by atoms with Crippen LogP contribution < -0.4 is 5.32 Å². The smallest absolute Gasteiger partial charge is 0.290 e. The third-order valence-electron chi connectivity index (χ3n) is 4.40. The maximum absolute atomic E-state index is 11.5. The predicted molar refractivity (Wildman–Crippen MR) is 120 cm³/mol. The number of thioether (sulfide) groups is 1. The van der Waals surface area contributed by atoms with E-state index in [4.69, 9.17) is 4.42 Å². The molecule has 1 aromatic heterocycles. The average Bonchev–Trinajstić information content (AvgIpc) is 3.29. The number of oxazole rings is 1. The van der Waals surface area contributed by atoms with Crippen LogP contribution in [-0.2, 0) is 4.79 Å². The van der Waals surface area contributed by atoms with Crippen molar-refractivity contribution in [3.8, 4) is 11.5 Å². The van der Waals surface area contributed by atoms with Gasteiger partial charge in [-0.2, -0.15) is 0 Å². The highest BCUT2D eigenvalue weighted by molar-refractivity contribution is 8.18. The van der Waals surface area contributed by atoms with Crippen LogP contribution in [0.25, 0.3) is 29.7 Å². The van der Waals surface area contributed by atoms with E-state index in [2.05, 4.69) is 10.3 Å². The van der Waals surface area contributed by atoms with E-state index in [1.54, 1.807) is 12.2 Å². The number of carbonyl (C=O) groups excluding carboxylic acids is 2. The molecule has 30 heavy (non-hydrogen) atoms. The number of amides is 2. The van der Waals surface area contributed by atoms with E-state index in [0.717, 1.165) is 39.9 Å². The quantitative estimate of drug-likeness (QED) is 0.542. The molecular formula is C24H18N2O3S. The van der Waals surface area contributed by atoms with Gasteiger partial charge in [0.05, 0.1) is 4.91 Å². The summed E-state index contributed by atoms with van der Waals surface area (Å²) in [6.45, 7) is 1.90. The van der Waals surface area contributed by atoms with Crippen LogP contribution in [-0.4, -0.2) is 16.1 Å². The van der Waals surface area contributed by atoms with Gasteiger partial charge in [0.15, 0.2) is 0 Å². The summed E-state index contributed by atoms with van der Waals surface area (Å²) in [6.07, 6.45) is 9.20. The predicted octanol–water partition coefficient (Wildman–Crippen LogP) is 5.70. The van der Waals surface area contributed by atoms with Crippen molar-refractivity contribution in [2.45, 2.75) is 6.92 Å². The standard InChI is InChI=1S/C24H18N2O3S/c1-16-20(25-23(29-16)19-7-3-2-4-8-19)15-14-18-12-10-17(11-13-18)6-5-9-21-22(27)26-24(28)30-21/h2-15H,1H3,(H,26,27,28)/b6-5?,15-14?,21-9+. The number of nitrogens with one attached hydrogen (secondary N) is 1. The third kappa shape index (κ3) is 4.67. The SMILES string of the molecule is Cc1oc(-c2ccccc2)nc1C=Cc1ccc(C=C/C=C2/SC(=O)NC2=O)cc1. The molecule has 5 nitrogen and oxygen atoms in total. The normalized spacial score (nSPS) is 15.6.